The van der Waals surface area contributed by atoms with Gasteiger partial charge >= 0.3 is 5.97 Å². The van der Waals surface area contributed by atoms with Crippen molar-refractivity contribution in [3.8, 4) is 0 Å². The Morgan fingerprint density at radius 2 is 2.28 bits per heavy atom. The molecule has 4 nitrogen and oxygen atoms in total. The van der Waals surface area contributed by atoms with Gasteiger partial charge in [-0.1, -0.05) is 0 Å². The lowest BCUT2D eigenvalue weighted by molar-refractivity contribution is -0.142. The molecule has 100 valence electrons. The van der Waals surface area contributed by atoms with E-state index in [9.17, 15) is 13.6 Å². The maximum absolute atomic E-state index is 12.7. The molecule has 0 atom stereocenters. The van der Waals surface area contributed by atoms with Crippen molar-refractivity contribution < 1.29 is 18.3 Å². The van der Waals surface area contributed by atoms with E-state index in [2.05, 4.69) is 4.98 Å². The fourth-order valence-corrected chi connectivity index (χ4v) is 2.08. The second-order valence-corrected chi connectivity index (χ2v) is 4.53. The Morgan fingerprint density at radius 3 is 2.78 bits per heavy atom. The summed E-state index contributed by atoms with van der Waals surface area (Å²) in [6.07, 6.45) is -2.81. The van der Waals surface area contributed by atoms with E-state index in [-0.39, 0.29) is 31.0 Å². The number of nitrogens with zero attached hydrogens (tertiary/aromatic N) is 1. The Bertz CT molecular complexity index is 441. The van der Waals surface area contributed by atoms with Crippen LogP contribution in [0.15, 0.2) is 6.07 Å². The van der Waals surface area contributed by atoms with Crippen molar-refractivity contribution in [2.75, 3.05) is 6.61 Å². The molecule has 0 spiro atoms. The first-order valence-electron chi connectivity index (χ1n) is 5.31. The minimum absolute atomic E-state index is 0.121. The van der Waals surface area contributed by atoms with Gasteiger partial charge in [-0.05, 0) is 41.1 Å². The van der Waals surface area contributed by atoms with Crippen LogP contribution in [0, 0.1) is 3.57 Å². The molecule has 0 fully saturated rings. The summed E-state index contributed by atoms with van der Waals surface area (Å²) < 4.78 is 30.7. The van der Waals surface area contributed by atoms with Crippen LogP contribution in [0.3, 0.4) is 0 Å². The van der Waals surface area contributed by atoms with Crippen LogP contribution in [0.2, 0.25) is 0 Å². The molecule has 7 heteroatoms. The molecule has 0 radical (unpaired) electrons. The first-order chi connectivity index (χ1) is 8.49. The molecule has 0 aliphatic heterocycles. The van der Waals surface area contributed by atoms with E-state index in [0.29, 0.717) is 9.13 Å². The van der Waals surface area contributed by atoms with Crippen molar-refractivity contribution >= 4 is 28.6 Å². The average Bonchev–Trinajstić information content (AvgIpc) is 2.31. The molecule has 18 heavy (non-hydrogen) atoms. The number of hydrogen-bond acceptors (Lipinski definition) is 4. The molecule has 1 heterocycles. The number of carbonyl (C=O) groups is 1. The molecule has 0 saturated heterocycles. The summed E-state index contributed by atoms with van der Waals surface area (Å²) in [7, 11) is 0. The second-order valence-electron chi connectivity index (χ2n) is 3.45. The molecule has 0 saturated carbocycles. The first kappa shape index (κ1) is 15.2. The number of alkyl halides is 2. The number of ether oxygens (including phenoxy) is 1. The molecule has 1 aromatic heterocycles. The molecule has 2 N–H and O–H groups in total. The summed E-state index contributed by atoms with van der Waals surface area (Å²) in [5.41, 5.74) is 5.96. The number of rotatable bonds is 5. The van der Waals surface area contributed by atoms with Gasteiger partial charge in [0.15, 0.2) is 0 Å². The molecule has 0 amide bonds. The van der Waals surface area contributed by atoms with Gasteiger partial charge in [0.05, 0.1) is 18.7 Å². The molecule has 1 rings (SSSR count). The van der Waals surface area contributed by atoms with Gasteiger partial charge in [-0.2, -0.15) is 0 Å². The predicted molar refractivity (Wildman–Crippen MR) is 70.1 cm³/mol. The van der Waals surface area contributed by atoms with Crippen LogP contribution < -0.4 is 5.73 Å². The van der Waals surface area contributed by atoms with E-state index in [1.165, 1.54) is 6.07 Å². The maximum Gasteiger partial charge on any atom is 0.311 e. The van der Waals surface area contributed by atoms with Gasteiger partial charge in [0.1, 0.15) is 5.69 Å². The smallest absolute Gasteiger partial charge is 0.311 e. The Hall–Kier alpha value is -0.830. The lowest BCUT2D eigenvalue weighted by Crippen LogP contribution is -2.13. The fraction of sp³-hybridized carbons (Fsp3) is 0.455. The standard InChI is InChI=1S/C11H13F2IN2O2/c1-2-18-9(17)4-7-10(14)6(5-15)3-8(16-7)11(12)13/h3,11H,2,4-5,15H2,1H3. The van der Waals surface area contributed by atoms with Crippen molar-refractivity contribution in [1.29, 1.82) is 0 Å². The predicted octanol–water partition coefficient (Wildman–Crippen LogP) is 2.19. The van der Waals surface area contributed by atoms with Crippen molar-refractivity contribution in [2.45, 2.75) is 26.3 Å². The quantitative estimate of drug-likeness (QED) is 0.638. The van der Waals surface area contributed by atoms with E-state index < -0.39 is 12.4 Å². The Balaban J connectivity index is 3.08. The summed E-state index contributed by atoms with van der Waals surface area (Å²) in [4.78, 5) is 15.1. The number of hydrogen-bond donors (Lipinski definition) is 1. The minimum Gasteiger partial charge on any atom is -0.466 e. The van der Waals surface area contributed by atoms with Gasteiger partial charge in [0, 0.05) is 10.1 Å². The molecule has 0 aromatic carbocycles. The van der Waals surface area contributed by atoms with Gasteiger partial charge in [0.25, 0.3) is 6.43 Å². The Labute approximate surface area is 117 Å². The van der Waals surface area contributed by atoms with Crippen molar-refractivity contribution in [1.82, 2.24) is 4.98 Å². The van der Waals surface area contributed by atoms with E-state index in [1.54, 1.807) is 6.92 Å². The van der Waals surface area contributed by atoms with Crippen LogP contribution in [-0.2, 0) is 22.5 Å². The molecule has 0 bridgehead atoms. The van der Waals surface area contributed by atoms with Crippen LogP contribution in [-0.4, -0.2) is 17.6 Å². The summed E-state index contributed by atoms with van der Waals surface area (Å²) >= 11 is 1.95. The van der Waals surface area contributed by atoms with E-state index in [4.69, 9.17) is 10.5 Å². The lowest BCUT2D eigenvalue weighted by atomic mass is 10.1. The second kappa shape index (κ2) is 6.93. The third kappa shape index (κ3) is 3.84. The number of nitrogens with two attached hydrogens (primary N) is 1. The van der Waals surface area contributed by atoms with Crippen LogP contribution in [0.25, 0.3) is 0 Å². The SMILES string of the molecule is CCOC(=O)Cc1nc(C(F)F)cc(CN)c1I. The lowest BCUT2D eigenvalue weighted by Gasteiger charge is -2.10. The van der Waals surface area contributed by atoms with Crippen LogP contribution >= 0.6 is 22.6 Å². The van der Waals surface area contributed by atoms with Crippen molar-refractivity contribution in [3.05, 3.63) is 26.6 Å². The third-order valence-corrected chi connectivity index (χ3v) is 3.50. The minimum atomic E-state index is -2.69. The van der Waals surface area contributed by atoms with Gasteiger partial charge in [-0.3, -0.25) is 9.78 Å². The third-order valence-electron chi connectivity index (χ3n) is 2.18. The van der Waals surface area contributed by atoms with Crippen molar-refractivity contribution in [2.24, 2.45) is 5.73 Å². The highest BCUT2D eigenvalue weighted by Crippen LogP contribution is 2.23. The van der Waals surface area contributed by atoms with Gasteiger partial charge in [0.2, 0.25) is 0 Å². The maximum atomic E-state index is 12.7. The van der Waals surface area contributed by atoms with Crippen LogP contribution in [0.5, 0.6) is 0 Å². The number of esters is 1. The van der Waals surface area contributed by atoms with E-state index in [0.717, 1.165) is 0 Å². The number of halogens is 3. The molecule has 1 aromatic rings. The Kier molecular flexibility index (Phi) is 5.86. The first-order valence-corrected chi connectivity index (χ1v) is 6.39. The summed E-state index contributed by atoms with van der Waals surface area (Å²) in [5.74, 6) is -0.489. The van der Waals surface area contributed by atoms with Crippen LogP contribution in [0.1, 0.15) is 30.3 Å². The van der Waals surface area contributed by atoms with Gasteiger partial charge in [-0.15, -0.1) is 0 Å². The summed E-state index contributed by atoms with van der Waals surface area (Å²) in [6.45, 7) is 2.04. The van der Waals surface area contributed by atoms with Crippen LogP contribution in [0.4, 0.5) is 8.78 Å². The highest BCUT2D eigenvalue weighted by molar-refractivity contribution is 14.1. The van der Waals surface area contributed by atoms with Crippen molar-refractivity contribution in [3.63, 3.8) is 0 Å². The van der Waals surface area contributed by atoms with E-state index in [1.807, 2.05) is 22.6 Å². The zero-order chi connectivity index (χ0) is 13.7. The zero-order valence-electron chi connectivity index (χ0n) is 9.75. The molecule has 0 aliphatic rings. The number of aromatic nitrogens is 1. The van der Waals surface area contributed by atoms with Gasteiger partial charge < -0.3 is 10.5 Å². The summed E-state index contributed by atoms with van der Waals surface area (Å²) in [6, 6.07) is 1.26. The monoisotopic (exact) mass is 370 g/mol. The normalized spacial score (nSPS) is 10.8. The fourth-order valence-electron chi connectivity index (χ4n) is 1.39. The largest absolute Gasteiger partial charge is 0.466 e. The molecule has 0 aliphatic carbocycles. The Morgan fingerprint density at radius 1 is 1.61 bits per heavy atom. The number of pyridine rings is 1. The topological polar surface area (TPSA) is 65.2 Å². The molecular weight excluding hydrogens is 357 g/mol. The molecule has 0 unspecified atom stereocenters. The number of carbonyl (C=O) groups excluding carboxylic acids is 1. The highest BCUT2D eigenvalue weighted by Gasteiger charge is 2.17. The van der Waals surface area contributed by atoms with Gasteiger partial charge in [-0.25, -0.2) is 8.78 Å². The zero-order valence-corrected chi connectivity index (χ0v) is 11.9. The highest BCUT2D eigenvalue weighted by atomic mass is 127. The average molecular weight is 370 g/mol. The summed E-state index contributed by atoms with van der Waals surface area (Å²) in [5, 5.41) is 0. The molecular formula is C11H13F2IN2O2. The van der Waals surface area contributed by atoms with E-state index >= 15 is 0 Å².